The largest absolute Gasteiger partial charge is 0.369 e. The molecule has 1 fully saturated rings. The normalized spacial score (nSPS) is 18.1. The second kappa shape index (κ2) is 10.9. The van der Waals surface area contributed by atoms with E-state index in [9.17, 15) is 0 Å². The van der Waals surface area contributed by atoms with Crippen LogP contribution in [0.3, 0.4) is 0 Å². The van der Waals surface area contributed by atoms with Crippen LogP contribution in [-0.2, 0) is 0 Å². The summed E-state index contributed by atoms with van der Waals surface area (Å²) in [6, 6.07) is 8.96. The molecule has 6 heteroatoms. The third-order valence-electron chi connectivity index (χ3n) is 3.78. The lowest BCUT2D eigenvalue weighted by atomic mass is 10.2. The summed E-state index contributed by atoms with van der Waals surface area (Å²) in [4.78, 5) is 6.72. The van der Waals surface area contributed by atoms with Gasteiger partial charge in [-0.15, -0.1) is 24.0 Å². The van der Waals surface area contributed by atoms with E-state index in [0.717, 1.165) is 42.9 Å². The van der Waals surface area contributed by atoms with Crippen LogP contribution < -0.4 is 15.5 Å². The van der Waals surface area contributed by atoms with Crippen molar-refractivity contribution in [3.8, 4) is 0 Å². The average Bonchev–Trinajstić information content (AvgIpc) is 2.99. The number of anilines is 1. The Labute approximate surface area is 165 Å². The summed E-state index contributed by atoms with van der Waals surface area (Å²) in [5.74, 6) is 0.896. The summed E-state index contributed by atoms with van der Waals surface area (Å²) < 4.78 is 1.12. The molecule has 1 saturated heterocycles. The summed E-state index contributed by atoms with van der Waals surface area (Å²) in [6.45, 7) is 5.04. The van der Waals surface area contributed by atoms with Gasteiger partial charge in [-0.3, -0.25) is 4.99 Å². The zero-order valence-electron chi connectivity index (χ0n) is 13.8. The van der Waals surface area contributed by atoms with Gasteiger partial charge in [0.15, 0.2) is 5.96 Å². The van der Waals surface area contributed by atoms with Gasteiger partial charge < -0.3 is 15.5 Å². The molecular formula is C17H26BrIN4. The average molecular weight is 493 g/mol. The van der Waals surface area contributed by atoms with E-state index in [-0.39, 0.29) is 24.0 Å². The highest BCUT2D eigenvalue weighted by Crippen LogP contribution is 2.22. The van der Waals surface area contributed by atoms with Crippen molar-refractivity contribution >= 4 is 51.6 Å². The van der Waals surface area contributed by atoms with Crippen molar-refractivity contribution in [1.29, 1.82) is 0 Å². The molecule has 0 bridgehead atoms. The number of halogens is 2. The lowest BCUT2D eigenvalue weighted by Crippen LogP contribution is -2.44. The second-order valence-corrected chi connectivity index (χ2v) is 6.32. The first-order valence-corrected chi connectivity index (χ1v) is 8.61. The Kier molecular flexibility index (Phi) is 9.62. The highest BCUT2D eigenvalue weighted by Gasteiger charge is 2.23. The van der Waals surface area contributed by atoms with Crippen LogP contribution in [-0.4, -0.2) is 38.7 Å². The Morgan fingerprint density at radius 1 is 1.39 bits per heavy atom. The second-order valence-electron chi connectivity index (χ2n) is 5.41. The topological polar surface area (TPSA) is 39.7 Å². The highest BCUT2D eigenvalue weighted by molar-refractivity contribution is 14.0. The van der Waals surface area contributed by atoms with Gasteiger partial charge in [0.25, 0.3) is 0 Å². The molecule has 2 N–H and O–H groups in total. The van der Waals surface area contributed by atoms with Crippen molar-refractivity contribution < 1.29 is 0 Å². The quantitative estimate of drug-likeness (QED) is 0.216. The Balaban J connectivity index is 0.00000264. The van der Waals surface area contributed by atoms with Crippen molar-refractivity contribution in [2.24, 2.45) is 4.99 Å². The minimum atomic E-state index is 0. The van der Waals surface area contributed by atoms with Gasteiger partial charge >= 0.3 is 0 Å². The first-order chi connectivity index (χ1) is 10.7. The molecule has 1 aliphatic heterocycles. The summed E-state index contributed by atoms with van der Waals surface area (Å²) in [5, 5.41) is 6.87. The molecule has 0 saturated carbocycles. The molecule has 1 atom stereocenters. The maximum absolute atomic E-state index is 4.30. The molecule has 128 valence electrons. The Bertz CT molecular complexity index is 516. The molecular weight excluding hydrogens is 467 g/mol. The Morgan fingerprint density at radius 3 is 2.78 bits per heavy atom. The maximum Gasteiger partial charge on any atom is 0.191 e. The molecule has 1 aromatic carbocycles. The van der Waals surface area contributed by atoms with Gasteiger partial charge in [-0.05, 0) is 44.0 Å². The number of allylic oxidation sites excluding steroid dienone is 1. The van der Waals surface area contributed by atoms with Crippen LogP contribution in [0, 0.1) is 0 Å². The third-order valence-corrected chi connectivity index (χ3v) is 4.31. The minimum absolute atomic E-state index is 0. The molecule has 23 heavy (non-hydrogen) atoms. The van der Waals surface area contributed by atoms with Gasteiger partial charge in [0.05, 0.1) is 0 Å². The molecule has 1 unspecified atom stereocenters. The van der Waals surface area contributed by atoms with Crippen molar-refractivity contribution in [3.05, 3.63) is 40.9 Å². The first kappa shape index (κ1) is 20.3. The van der Waals surface area contributed by atoms with E-state index in [1.807, 2.05) is 14.0 Å². The van der Waals surface area contributed by atoms with Gasteiger partial charge in [-0.25, -0.2) is 0 Å². The molecule has 1 aliphatic rings. The lowest BCUT2D eigenvalue weighted by Gasteiger charge is -2.20. The number of hydrogen-bond acceptors (Lipinski definition) is 2. The number of aliphatic imine (C=N–C) groups is 1. The van der Waals surface area contributed by atoms with Crippen molar-refractivity contribution in [2.45, 2.75) is 25.8 Å². The number of guanidine groups is 1. The number of benzene rings is 1. The molecule has 4 nitrogen and oxygen atoms in total. The van der Waals surface area contributed by atoms with Crippen LogP contribution in [0.1, 0.15) is 19.8 Å². The van der Waals surface area contributed by atoms with Crippen LogP contribution in [0.15, 0.2) is 45.9 Å². The molecule has 0 spiro atoms. The fraction of sp³-hybridized carbons (Fsp3) is 0.471. The van der Waals surface area contributed by atoms with E-state index >= 15 is 0 Å². The predicted octanol–water partition coefficient (Wildman–Crippen LogP) is 3.78. The molecule has 1 heterocycles. The van der Waals surface area contributed by atoms with E-state index in [2.05, 4.69) is 72.9 Å². The lowest BCUT2D eigenvalue weighted by molar-refractivity contribution is 0.649. The fourth-order valence-electron chi connectivity index (χ4n) is 2.59. The molecule has 0 radical (unpaired) electrons. The zero-order valence-corrected chi connectivity index (χ0v) is 17.7. The molecule has 1 aromatic rings. The summed E-state index contributed by atoms with van der Waals surface area (Å²) in [7, 11) is 1.83. The van der Waals surface area contributed by atoms with Crippen molar-refractivity contribution in [2.75, 3.05) is 31.6 Å². The highest BCUT2D eigenvalue weighted by atomic mass is 127. The standard InChI is InChI=1S/C17H25BrN4.HI/c1-3-4-5-11-20-17(19-2)21-15-10-12-22(13-15)16-8-6-14(18)7-9-16;/h3-4,6-9,15H,5,10-13H2,1-2H3,(H2,19,20,21);1H/b4-3+;. The molecule has 0 amide bonds. The van der Waals surface area contributed by atoms with Gasteiger partial charge in [-0.1, -0.05) is 28.1 Å². The van der Waals surface area contributed by atoms with Crippen LogP contribution in [0.25, 0.3) is 0 Å². The summed E-state index contributed by atoms with van der Waals surface area (Å²) >= 11 is 3.48. The summed E-state index contributed by atoms with van der Waals surface area (Å²) in [5.41, 5.74) is 1.28. The van der Waals surface area contributed by atoms with E-state index in [4.69, 9.17) is 0 Å². The van der Waals surface area contributed by atoms with Crippen LogP contribution in [0.2, 0.25) is 0 Å². The van der Waals surface area contributed by atoms with E-state index < -0.39 is 0 Å². The summed E-state index contributed by atoms with van der Waals surface area (Å²) in [6.07, 6.45) is 6.38. The van der Waals surface area contributed by atoms with Gasteiger partial charge in [0, 0.05) is 42.9 Å². The monoisotopic (exact) mass is 492 g/mol. The number of nitrogens with one attached hydrogen (secondary N) is 2. The predicted molar refractivity (Wildman–Crippen MR) is 114 cm³/mol. The van der Waals surface area contributed by atoms with Crippen LogP contribution in [0.4, 0.5) is 5.69 Å². The van der Waals surface area contributed by atoms with Crippen molar-refractivity contribution in [1.82, 2.24) is 10.6 Å². The number of nitrogens with zero attached hydrogens (tertiary/aromatic N) is 2. The van der Waals surface area contributed by atoms with Crippen molar-refractivity contribution in [3.63, 3.8) is 0 Å². The Morgan fingerprint density at radius 2 is 2.13 bits per heavy atom. The maximum atomic E-state index is 4.30. The number of rotatable bonds is 5. The smallest absolute Gasteiger partial charge is 0.191 e. The minimum Gasteiger partial charge on any atom is -0.369 e. The molecule has 2 rings (SSSR count). The molecule has 0 aliphatic carbocycles. The number of hydrogen-bond donors (Lipinski definition) is 2. The van der Waals surface area contributed by atoms with Gasteiger partial charge in [-0.2, -0.15) is 0 Å². The van der Waals surface area contributed by atoms with E-state index in [0.29, 0.717) is 6.04 Å². The van der Waals surface area contributed by atoms with E-state index in [1.165, 1.54) is 5.69 Å². The van der Waals surface area contributed by atoms with Crippen LogP contribution >= 0.6 is 39.9 Å². The SMILES string of the molecule is C/C=C/CCNC(=NC)NC1CCN(c2ccc(Br)cc2)C1.I. The van der Waals surface area contributed by atoms with Gasteiger partial charge in [0.2, 0.25) is 0 Å². The first-order valence-electron chi connectivity index (χ1n) is 7.81. The fourth-order valence-corrected chi connectivity index (χ4v) is 2.86. The Hall–Kier alpha value is -0.760. The third kappa shape index (κ3) is 6.71. The molecule has 0 aromatic heterocycles. The zero-order chi connectivity index (χ0) is 15.8. The van der Waals surface area contributed by atoms with E-state index in [1.54, 1.807) is 0 Å². The van der Waals surface area contributed by atoms with Crippen LogP contribution in [0.5, 0.6) is 0 Å². The van der Waals surface area contributed by atoms with Gasteiger partial charge in [0.1, 0.15) is 0 Å².